The van der Waals surface area contributed by atoms with Crippen molar-refractivity contribution in [1.29, 1.82) is 0 Å². The van der Waals surface area contributed by atoms with Crippen molar-refractivity contribution in [2.45, 2.75) is 6.92 Å². The second-order valence-corrected chi connectivity index (χ2v) is 8.63. The lowest BCUT2D eigenvalue weighted by atomic mass is 10.1. The van der Waals surface area contributed by atoms with Crippen LogP contribution in [-0.2, 0) is 10.0 Å². The van der Waals surface area contributed by atoms with Gasteiger partial charge in [-0.3, -0.25) is 4.31 Å². The van der Waals surface area contributed by atoms with E-state index in [4.69, 9.17) is 4.74 Å². The summed E-state index contributed by atoms with van der Waals surface area (Å²) in [6.45, 7) is 2.20. The lowest BCUT2D eigenvalue weighted by Crippen LogP contribution is -2.29. The van der Waals surface area contributed by atoms with Crippen LogP contribution in [0, 0.1) is 0 Å². The molecule has 27 heavy (non-hydrogen) atoms. The lowest BCUT2D eigenvalue weighted by molar-refractivity contribution is 0.415. The van der Waals surface area contributed by atoms with Crippen LogP contribution < -0.4 is 14.4 Å². The van der Waals surface area contributed by atoms with Gasteiger partial charge in [0.05, 0.1) is 24.7 Å². The molecule has 0 amide bonds. The fraction of sp³-hybridized carbons (Fsp3) is 0.211. The van der Waals surface area contributed by atoms with Gasteiger partial charge < -0.3 is 10.1 Å². The normalized spacial score (nSPS) is 11.2. The van der Waals surface area contributed by atoms with Gasteiger partial charge in [-0.25, -0.2) is 13.4 Å². The zero-order valence-electron chi connectivity index (χ0n) is 15.3. The summed E-state index contributed by atoms with van der Waals surface area (Å²) in [7, 11) is -1.65. The maximum absolute atomic E-state index is 11.8. The molecule has 0 radical (unpaired) electrons. The van der Waals surface area contributed by atoms with Crippen LogP contribution in [0.3, 0.4) is 0 Å². The molecule has 0 atom stereocenters. The average Bonchev–Trinajstić information content (AvgIpc) is 3.10. The molecule has 0 aliphatic carbocycles. The van der Waals surface area contributed by atoms with E-state index in [0.717, 1.165) is 27.8 Å². The van der Waals surface area contributed by atoms with Gasteiger partial charge in [0.2, 0.25) is 10.0 Å². The third kappa shape index (κ3) is 4.58. The molecule has 0 aliphatic heterocycles. The predicted octanol–water partition coefficient (Wildman–Crippen LogP) is 4.35. The van der Waals surface area contributed by atoms with Gasteiger partial charge in [-0.2, -0.15) is 0 Å². The SMILES string of the molecule is CCN(c1ccc(-c2csc(Nc3cccc(OC)c3)n2)cc1)S(C)(=O)=O. The first kappa shape index (κ1) is 19.2. The topological polar surface area (TPSA) is 71.5 Å². The molecule has 1 aromatic heterocycles. The van der Waals surface area contributed by atoms with E-state index >= 15 is 0 Å². The predicted molar refractivity (Wildman–Crippen MR) is 112 cm³/mol. The molecule has 0 bridgehead atoms. The van der Waals surface area contributed by atoms with Crippen molar-refractivity contribution in [3.8, 4) is 17.0 Å². The van der Waals surface area contributed by atoms with E-state index < -0.39 is 10.0 Å². The molecule has 2 aromatic carbocycles. The third-order valence-corrected chi connectivity index (χ3v) is 5.99. The second kappa shape index (κ2) is 7.98. The smallest absolute Gasteiger partial charge is 0.232 e. The van der Waals surface area contributed by atoms with Gasteiger partial charge >= 0.3 is 0 Å². The van der Waals surface area contributed by atoms with Gasteiger partial charge in [0.15, 0.2) is 5.13 Å². The first-order chi connectivity index (χ1) is 12.9. The molecule has 0 saturated heterocycles. The summed E-state index contributed by atoms with van der Waals surface area (Å²) >= 11 is 1.50. The zero-order chi connectivity index (χ0) is 19.4. The molecular weight excluding hydrogens is 382 g/mol. The standard InChI is InChI=1S/C19H21N3O3S2/c1-4-22(27(3,23)24)16-10-8-14(9-11-16)18-13-26-19(21-18)20-15-6-5-7-17(12-15)25-2/h5-13H,4H2,1-3H3,(H,20,21). The van der Waals surface area contributed by atoms with Gasteiger partial charge in [-0.1, -0.05) is 18.2 Å². The largest absolute Gasteiger partial charge is 0.497 e. The van der Waals surface area contributed by atoms with Crippen molar-refractivity contribution in [1.82, 2.24) is 4.98 Å². The number of ether oxygens (including phenoxy) is 1. The first-order valence-electron chi connectivity index (χ1n) is 8.35. The quantitative estimate of drug-likeness (QED) is 0.635. The Labute approximate surface area is 163 Å². The molecule has 6 nitrogen and oxygen atoms in total. The van der Waals surface area contributed by atoms with E-state index in [9.17, 15) is 8.42 Å². The average molecular weight is 404 g/mol. The molecule has 1 heterocycles. The Morgan fingerprint density at radius 3 is 2.56 bits per heavy atom. The van der Waals surface area contributed by atoms with Gasteiger partial charge in [0.1, 0.15) is 5.75 Å². The van der Waals surface area contributed by atoms with Crippen LogP contribution in [0.5, 0.6) is 5.75 Å². The summed E-state index contributed by atoms with van der Waals surface area (Å²) in [6, 6.07) is 15.0. The molecule has 0 aliphatic rings. The van der Waals surface area contributed by atoms with Crippen LogP contribution >= 0.6 is 11.3 Å². The Morgan fingerprint density at radius 1 is 1.19 bits per heavy atom. The number of sulfonamides is 1. The van der Waals surface area contributed by atoms with Crippen LogP contribution in [0.4, 0.5) is 16.5 Å². The highest BCUT2D eigenvalue weighted by atomic mass is 32.2. The molecule has 142 valence electrons. The summed E-state index contributed by atoms with van der Waals surface area (Å²) in [5, 5.41) is 6.00. The maximum Gasteiger partial charge on any atom is 0.232 e. The highest BCUT2D eigenvalue weighted by molar-refractivity contribution is 7.92. The lowest BCUT2D eigenvalue weighted by Gasteiger charge is -2.20. The molecule has 3 rings (SSSR count). The number of aromatic nitrogens is 1. The molecule has 0 spiro atoms. The van der Waals surface area contributed by atoms with Crippen LogP contribution in [0.15, 0.2) is 53.9 Å². The minimum atomic E-state index is -3.28. The molecule has 1 N–H and O–H groups in total. The number of nitrogens with zero attached hydrogens (tertiary/aromatic N) is 2. The fourth-order valence-electron chi connectivity index (χ4n) is 2.70. The molecule has 3 aromatic rings. The maximum atomic E-state index is 11.8. The zero-order valence-corrected chi connectivity index (χ0v) is 17.0. The van der Waals surface area contributed by atoms with Gasteiger partial charge in [0, 0.05) is 29.2 Å². The Bertz CT molecular complexity index is 1010. The van der Waals surface area contributed by atoms with Crippen molar-refractivity contribution in [3.63, 3.8) is 0 Å². The summed E-state index contributed by atoms with van der Waals surface area (Å²) < 4.78 is 30.3. The number of benzene rings is 2. The summed E-state index contributed by atoms with van der Waals surface area (Å²) in [5.41, 5.74) is 3.31. The van der Waals surface area contributed by atoms with Crippen LogP contribution in [0.1, 0.15) is 6.92 Å². The van der Waals surface area contributed by atoms with Crippen molar-refractivity contribution in [2.75, 3.05) is 29.5 Å². The molecule has 0 fully saturated rings. The minimum absolute atomic E-state index is 0.392. The van der Waals surface area contributed by atoms with E-state index in [0.29, 0.717) is 12.2 Å². The van der Waals surface area contributed by atoms with Crippen molar-refractivity contribution >= 4 is 37.9 Å². The Kier molecular flexibility index (Phi) is 5.67. The van der Waals surface area contributed by atoms with Crippen LogP contribution in [-0.4, -0.2) is 33.3 Å². The Balaban J connectivity index is 1.78. The highest BCUT2D eigenvalue weighted by Crippen LogP contribution is 2.29. The number of methoxy groups -OCH3 is 1. The summed E-state index contributed by atoms with van der Waals surface area (Å²) in [4.78, 5) is 4.61. The van der Waals surface area contributed by atoms with E-state index in [1.54, 1.807) is 19.2 Å². The summed E-state index contributed by atoms with van der Waals surface area (Å²) in [5.74, 6) is 0.777. The van der Waals surface area contributed by atoms with Crippen molar-refractivity contribution in [2.24, 2.45) is 0 Å². The first-order valence-corrected chi connectivity index (χ1v) is 11.1. The number of thiazole rings is 1. The molecular formula is C19H21N3O3S2. The van der Waals surface area contributed by atoms with Crippen LogP contribution in [0.2, 0.25) is 0 Å². The van der Waals surface area contributed by atoms with Crippen molar-refractivity contribution < 1.29 is 13.2 Å². The van der Waals surface area contributed by atoms with Crippen molar-refractivity contribution in [3.05, 3.63) is 53.9 Å². The number of rotatable bonds is 7. The Hall–Kier alpha value is -2.58. The summed E-state index contributed by atoms with van der Waals surface area (Å²) in [6.07, 6.45) is 1.21. The number of hydrogen-bond acceptors (Lipinski definition) is 6. The number of hydrogen-bond donors (Lipinski definition) is 1. The Morgan fingerprint density at radius 2 is 1.93 bits per heavy atom. The molecule has 0 unspecified atom stereocenters. The number of anilines is 3. The fourth-order valence-corrected chi connectivity index (χ4v) is 4.41. The van der Waals surface area contributed by atoms with Crippen LogP contribution in [0.25, 0.3) is 11.3 Å². The van der Waals surface area contributed by atoms with E-state index in [2.05, 4.69) is 10.3 Å². The second-order valence-electron chi connectivity index (χ2n) is 5.87. The van der Waals surface area contributed by atoms with E-state index in [1.165, 1.54) is 21.9 Å². The molecule has 0 saturated carbocycles. The monoisotopic (exact) mass is 403 g/mol. The van der Waals surface area contributed by atoms with Gasteiger partial charge in [0.25, 0.3) is 0 Å². The van der Waals surface area contributed by atoms with Gasteiger partial charge in [-0.15, -0.1) is 11.3 Å². The number of nitrogens with one attached hydrogen (secondary N) is 1. The van der Waals surface area contributed by atoms with Gasteiger partial charge in [-0.05, 0) is 31.2 Å². The van der Waals surface area contributed by atoms with E-state index in [1.807, 2.05) is 48.7 Å². The molecule has 8 heteroatoms. The highest BCUT2D eigenvalue weighted by Gasteiger charge is 2.15. The van der Waals surface area contributed by atoms with E-state index in [-0.39, 0.29) is 0 Å². The third-order valence-electron chi connectivity index (χ3n) is 3.96. The minimum Gasteiger partial charge on any atom is -0.497 e.